The number of nitrogens with zero attached hydrogens (tertiary/aromatic N) is 3. The molecule has 0 bridgehead atoms. The second-order valence-electron chi connectivity index (χ2n) is 9.41. The first-order chi connectivity index (χ1) is 17.4. The predicted molar refractivity (Wildman–Crippen MR) is 129 cm³/mol. The molecular formula is C25H26F3N5O4. The monoisotopic (exact) mass is 517 g/mol. The summed E-state index contributed by atoms with van der Waals surface area (Å²) in [6, 6.07) is 11.2. The van der Waals surface area contributed by atoms with Gasteiger partial charge in [-0.15, -0.1) is 0 Å². The van der Waals surface area contributed by atoms with Gasteiger partial charge in [0, 0.05) is 18.7 Å². The van der Waals surface area contributed by atoms with Gasteiger partial charge in [-0.1, -0.05) is 18.2 Å². The molecule has 12 heteroatoms. The topological polar surface area (TPSA) is 124 Å². The number of primary amides is 1. The van der Waals surface area contributed by atoms with Crippen molar-refractivity contribution in [2.24, 2.45) is 11.7 Å². The van der Waals surface area contributed by atoms with E-state index in [1.165, 1.54) is 18.3 Å². The van der Waals surface area contributed by atoms with Crippen LogP contribution in [0.4, 0.5) is 29.5 Å². The summed E-state index contributed by atoms with van der Waals surface area (Å²) in [5, 5.41) is 2.41. The van der Waals surface area contributed by atoms with Crippen LogP contribution >= 0.6 is 0 Å². The highest BCUT2D eigenvalue weighted by atomic mass is 19.4. The molecule has 196 valence electrons. The lowest BCUT2D eigenvalue weighted by Gasteiger charge is -2.27. The first-order valence-electron chi connectivity index (χ1n) is 11.6. The minimum absolute atomic E-state index is 0.206. The van der Waals surface area contributed by atoms with Crippen LogP contribution in [0.15, 0.2) is 53.1 Å². The molecule has 1 aliphatic rings. The lowest BCUT2D eigenvalue weighted by atomic mass is 9.93. The maximum Gasteiger partial charge on any atom is 0.452 e. The highest BCUT2D eigenvalue weighted by molar-refractivity contribution is 6.04. The van der Waals surface area contributed by atoms with Crippen LogP contribution in [0.1, 0.15) is 42.9 Å². The molecule has 3 aromatic rings. The van der Waals surface area contributed by atoms with E-state index in [4.69, 9.17) is 14.9 Å². The van der Waals surface area contributed by atoms with Gasteiger partial charge in [0.2, 0.25) is 11.7 Å². The molecule has 2 amide bonds. The van der Waals surface area contributed by atoms with Crippen molar-refractivity contribution in [2.75, 3.05) is 23.3 Å². The van der Waals surface area contributed by atoms with Gasteiger partial charge in [0.25, 0.3) is 5.91 Å². The molecule has 9 nitrogen and oxygen atoms in total. The molecule has 0 spiro atoms. The highest BCUT2D eigenvalue weighted by Crippen LogP contribution is 2.36. The Morgan fingerprint density at radius 2 is 1.92 bits per heavy atom. The van der Waals surface area contributed by atoms with Gasteiger partial charge in [-0.25, -0.2) is 14.8 Å². The van der Waals surface area contributed by atoms with Crippen LogP contribution in [-0.2, 0) is 10.9 Å². The molecule has 37 heavy (non-hydrogen) atoms. The molecular weight excluding hydrogens is 491 g/mol. The molecule has 3 N–H and O–H groups in total. The molecule has 4 rings (SSSR count). The van der Waals surface area contributed by atoms with E-state index in [2.05, 4.69) is 15.3 Å². The zero-order valence-electron chi connectivity index (χ0n) is 20.2. The van der Waals surface area contributed by atoms with Gasteiger partial charge in [-0.3, -0.25) is 4.79 Å². The maximum absolute atomic E-state index is 13.5. The van der Waals surface area contributed by atoms with E-state index < -0.39 is 35.2 Å². The molecule has 1 fully saturated rings. The standard InChI is InChI=1S/C25H26F3N5O4/c1-24(2,37-23(29)35)12-15-10-11-33(14-15)18-9-8-17(13-30-18)31-21(34)19-20(25(26,27)28)36-22(32-19)16-6-4-3-5-7-16/h3-9,13,15H,10-12,14H2,1-2H3,(H2,29,35)(H,31,34)/t15-/m1/s1. The number of pyridine rings is 1. The number of aromatic nitrogens is 2. The molecule has 1 saturated heterocycles. The Labute approximate surface area is 210 Å². The van der Waals surface area contributed by atoms with Crippen molar-refractivity contribution in [3.63, 3.8) is 0 Å². The Kier molecular flexibility index (Phi) is 7.10. The average molecular weight is 518 g/mol. The van der Waals surface area contributed by atoms with Gasteiger partial charge in [-0.2, -0.15) is 13.2 Å². The number of oxazole rings is 1. The predicted octanol–water partition coefficient (Wildman–Crippen LogP) is 5.10. The van der Waals surface area contributed by atoms with E-state index in [0.717, 1.165) is 13.0 Å². The van der Waals surface area contributed by atoms with Crippen LogP contribution in [0.25, 0.3) is 11.5 Å². The quantitative estimate of drug-likeness (QED) is 0.447. The molecule has 0 aliphatic carbocycles. The van der Waals surface area contributed by atoms with Crippen molar-refractivity contribution in [1.29, 1.82) is 0 Å². The minimum atomic E-state index is -4.90. The van der Waals surface area contributed by atoms with Gasteiger partial charge < -0.3 is 25.1 Å². The fourth-order valence-electron chi connectivity index (χ4n) is 4.42. The lowest BCUT2D eigenvalue weighted by molar-refractivity contribution is -0.153. The van der Waals surface area contributed by atoms with E-state index >= 15 is 0 Å². The number of hydrogen-bond acceptors (Lipinski definition) is 7. The first kappa shape index (κ1) is 26.0. The number of halogens is 3. The van der Waals surface area contributed by atoms with Gasteiger partial charge in [-0.05, 0) is 56.9 Å². The third kappa shape index (κ3) is 6.38. The van der Waals surface area contributed by atoms with E-state index in [0.29, 0.717) is 24.3 Å². The minimum Gasteiger partial charge on any atom is -0.444 e. The van der Waals surface area contributed by atoms with Crippen molar-refractivity contribution in [2.45, 2.75) is 38.5 Å². The van der Waals surface area contributed by atoms with Crippen LogP contribution in [-0.4, -0.2) is 40.7 Å². The molecule has 0 radical (unpaired) electrons. The Bertz CT molecular complexity index is 1260. The maximum atomic E-state index is 13.5. The number of alkyl halides is 3. The molecule has 1 aromatic carbocycles. The third-order valence-corrected chi connectivity index (χ3v) is 5.89. The second-order valence-corrected chi connectivity index (χ2v) is 9.41. The highest BCUT2D eigenvalue weighted by Gasteiger charge is 2.42. The fourth-order valence-corrected chi connectivity index (χ4v) is 4.42. The summed E-state index contributed by atoms with van der Waals surface area (Å²) in [6.45, 7) is 5.02. The second kappa shape index (κ2) is 10.1. The van der Waals surface area contributed by atoms with Crippen molar-refractivity contribution < 1.29 is 31.9 Å². The van der Waals surface area contributed by atoms with Gasteiger partial charge >= 0.3 is 12.3 Å². The van der Waals surface area contributed by atoms with E-state index in [-0.39, 0.29) is 17.5 Å². The van der Waals surface area contributed by atoms with E-state index in [1.807, 2.05) is 4.90 Å². The number of anilines is 2. The summed E-state index contributed by atoms with van der Waals surface area (Å²) < 4.78 is 50.7. The molecule has 0 unspecified atom stereocenters. The summed E-state index contributed by atoms with van der Waals surface area (Å²) in [5.74, 6) is -1.94. The van der Waals surface area contributed by atoms with Gasteiger partial charge in [0.1, 0.15) is 11.4 Å². The lowest BCUT2D eigenvalue weighted by Crippen LogP contribution is -2.34. The third-order valence-electron chi connectivity index (χ3n) is 5.89. The van der Waals surface area contributed by atoms with Crippen LogP contribution < -0.4 is 16.0 Å². The number of hydrogen-bond donors (Lipinski definition) is 2. The molecule has 2 aromatic heterocycles. The van der Waals surface area contributed by atoms with Crippen LogP contribution in [0, 0.1) is 5.92 Å². The van der Waals surface area contributed by atoms with Crippen molar-refractivity contribution in [3.05, 3.63) is 60.1 Å². The number of amides is 2. The normalized spacial score (nSPS) is 16.0. The Morgan fingerprint density at radius 3 is 2.54 bits per heavy atom. The van der Waals surface area contributed by atoms with Crippen molar-refractivity contribution in [3.8, 4) is 11.5 Å². The van der Waals surface area contributed by atoms with Gasteiger partial charge in [0.15, 0.2) is 5.69 Å². The summed E-state index contributed by atoms with van der Waals surface area (Å²) in [5.41, 5.74) is 4.10. The average Bonchev–Trinajstić information content (AvgIpc) is 3.46. The summed E-state index contributed by atoms with van der Waals surface area (Å²) in [4.78, 5) is 34.0. The van der Waals surface area contributed by atoms with Crippen LogP contribution in [0.2, 0.25) is 0 Å². The Balaban J connectivity index is 1.43. The number of benzene rings is 1. The fraction of sp³-hybridized carbons (Fsp3) is 0.360. The van der Waals surface area contributed by atoms with Crippen molar-refractivity contribution >= 4 is 23.5 Å². The smallest absolute Gasteiger partial charge is 0.444 e. The zero-order chi connectivity index (χ0) is 26.8. The Morgan fingerprint density at radius 1 is 1.19 bits per heavy atom. The van der Waals surface area contributed by atoms with Crippen molar-refractivity contribution in [1.82, 2.24) is 9.97 Å². The van der Waals surface area contributed by atoms with E-state index in [9.17, 15) is 22.8 Å². The number of carbonyl (C=O) groups is 2. The van der Waals surface area contributed by atoms with E-state index in [1.54, 1.807) is 44.2 Å². The molecule has 3 heterocycles. The first-order valence-corrected chi connectivity index (χ1v) is 11.6. The van der Waals surface area contributed by atoms with Crippen LogP contribution in [0.5, 0.6) is 0 Å². The number of ether oxygens (including phenoxy) is 1. The number of rotatable bonds is 7. The molecule has 1 atom stereocenters. The summed E-state index contributed by atoms with van der Waals surface area (Å²) in [7, 11) is 0. The van der Waals surface area contributed by atoms with Gasteiger partial charge in [0.05, 0.1) is 11.9 Å². The van der Waals surface area contributed by atoms with Crippen LogP contribution in [0.3, 0.4) is 0 Å². The molecule has 1 aliphatic heterocycles. The SMILES string of the molecule is CC(C)(C[C@H]1CCN(c2ccc(NC(=O)c3nc(-c4ccccc4)oc3C(F)(F)F)cn2)C1)OC(N)=O. The Hall–Kier alpha value is -4.09. The zero-order valence-corrected chi connectivity index (χ0v) is 20.2. The largest absolute Gasteiger partial charge is 0.452 e. The summed E-state index contributed by atoms with van der Waals surface area (Å²) >= 11 is 0. The molecule has 0 saturated carbocycles. The summed E-state index contributed by atoms with van der Waals surface area (Å²) in [6.07, 6.45) is -2.86. The number of nitrogens with one attached hydrogen (secondary N) is 1. The number of nitrogens with two attached hydrogens (primary N) is 1. The number of carbonyl (C=O) groups excluding carboxylic acids is 2.